The first kappa shape index (κ1) is 27.7. The van der Waals surface area contributed by atoms with Crippen LogP contribution < -0.4 is 4.74 Å². The van der Waals surface area contributed by atoms with Crippen LogP contribution in [0.3, 0.4) is 0 Å². The van der Waals surface area contributed by atoms with Crippen molar-refractivity contribution in [1.29, 1.82) is 0 Å². The molecule has 0 amide bonds. The molecule has 3 saturated carbocycles. The number of pyridine rings is 1. The van der Waals surface area contributed by atoms with Crippen LogP contribution in [0, 0.1) is 23.6 Å². The molecule has 3 fully saturated rings. The van der Waals surface area contributed by atoms with Crippen LogP contribution >= 0.6 is 0 Å². The third-order valence-electron chi connectivity index (χ3n) is 8.62. The Hall–Kier alpha value is -3.47. The number of fused-ring (bicyclic) bond motifs is 1. The number of hydrogen-bond donors (Lipinski definition) is 1. The average Bonchev–Trinajstić information content (AvgIpc) is 3.39. The van der Waals surface area contributed by atoms with E-state index in [2.05, 4.69) is 14.9 Å². The molecule has 3 unspecified atom stereocenters. The molecular weight excluding hydrogens is 544 g/mol. The summed E-state index contributed by atoms with van der Waals surface area (Å²) in [6.45, 7) is 0.204. The van der Waals surface area contributed by atoms with Gasteiger partial charge in [0.25, 0.3) is 0 Å². The van der Waals surface area contributed by atoms with Crippen molar-refractivity contribution in [3.8, 4) is 17.0 Å². The van der Waals surface area contributed by atoms with Crippen LogP contribution in [-0.2, 0) is 17.8 Å². The maximum absolute atomic E-state index is 14.3. The van der Waals surface area contributed by atoms with Gasteiger partial charge in [-0.15, -0.1) is 13.2 Å². The number of aromatic nitrogens is 2. The highest BCUT2D eigenvalue weighted by Crippen LogP contribution is 2.50. The molecule has 0 bridgehead atoms. The Morgan fingerprint density at radius 3 is 2.49 bits per heavy atom. The number of alkyl halides is 3. The molecule has 7 nitrogen and oxygen atoms in total. The number of halogens is 4. The number of carboxylic acid groups (broad SMARTS) is 1. The van der Waals surface area contributed by atoms with Crippen molar-refractivity contribution in [3.05, 3.63) is 64.9 Å². The lowest BCUT2D eigenvalue weighted by molar-refractivity contribution is -0.274. The summed E-state index contributed by atoms with van der Waals surface area (Å²) >= 11 is 0. The van der Waals surface area contributed by atoms with Crippen LogP contribution in [0.25, 0.3) is 11.3 Å². The Bertz CT molecular complexity index is 1410. The van der Waals surface area contributed by atoms with Crippen LogP contribution in [0.15, 0.2) is 41.1 Å². The first-order valence-corrected chi connectivity index (χ1v) is 14.0. The fourth-order valence-corrected chi connectivity index (χ4v) is 6.58. The number of rotatable bonds is 10. The van der Waals surface area contributed by atoms with Crippen LogP contribution in [0.1, 0.15) is 78.2 Å². The molecule has 2 aromatic heterocycles. The molecule has 3 aliphatic rings. The molecule has 3 aromatic rings. The molecule has 1 aromatic carbocycles. The molecule has 0 aliphatic heterocycles. The number of benzene rings is 1. The first-order valence-electron chi connectivity index (χ1n) is 14.0. The largest absolute Gasteiger partial charge is 0.573 e. The molecule has 0 radical (unpaired) electrons. The van der Waals surface area contributed by atoms with Gasteiger partial charge in [-0.25, -0.2) is 9.18 Å². The molecule has 41 heavy (non-hydrogen) atoms. The number of carbonyl (C=O) groups is 1. The zero-order chi connectivity index (χ0) is 28.7. The van der Waals surface area contributed by atoms with Crippen LogP contribution in [0.5, 0.6) is 5.75 Å². The predicted octanol–water partition coefficient (Wildman–Crippen LogP) is 7.30. The quantitative estimate of drug-likeness (QED) is 0.254. The van der Waals surface area contributed by atoms with E-state index in [0.29, 0.717) is 46.9 Å². The van der Waals surface area contributed by atoms with Crippen molar-refractivity contribution >= 4 is 5.97 Å². The molecular formula is C30H30F4N2O5. The van der Waals surface area contributed by atoms with E-state index in [4.69, 9.17) is 14.4 Å². The molecule has 0 spiro atoms. The van der Waals surface area contributed by atoms with E-state index >= 15 is 0 Å². The molecule has 1 N–H and O–H groups in total. The van der Waals surface area contributed by atoms with Gasteiger partial charge in [0.2, 0.25) is 0 Å². The highest BCUT2D eigenvalue weighted by Gasteiger charge is 2.42. The van der Waals surface area contributed by atoms with E-state index in [9.17, 15) is 22.4 Å². The van der Waals surface area contributed by atoms with E-state index in [-0.39, 0.29) is 35.5 Å². The fraction of sp³-hybridized carbons (Fsp3) is 0.500. The van der Waals surface area contributed by atoms with Gasteiger partial charge in [0.15, 0.2) is 0 Å². The number of ether oxygens (including phenoxy) is 2. The topological polar surface area (TPSA) is 94.7 Å². The third-order valence-corrected chi connectivity index (χ3v) is 8.62. The summed E-state index contributed by atoms with van der Waals surface area (Å²) in [5.41, 5.74) is 1.36. The Labute approximate surface area is 233 Å². The number of para-hydroxylation sites is 1. The molecule has 0 saturated heterocycles. The van der Waals surface area contributed by atoms with Crippen molar-refractivity contribution in [3.63, 3.8) is 0 Å². The lowest BCUT2D eigenvalue weighted by atomic mass is 9.96. The summed E-state index contributed by atoms with van der Waals surface area (Å²) in [6.07, 6.45) is 3.39. The van der Waals surface area contributed by atoms with Crippen LogP contribution in [-0.4, -0.2) is 33.7 Å². The van der Waals surface area contributed by atoms with E-state index in [1.807, 2.05) is 0 Å². The zero-order valence-electron chi connectivity index (χ0n) is 22.2. The van der Waals surface area contributed by atoms with Crippen LogP contribution in [0.2, 0.25) is 0 Å². The minimum atomic E-state index is -4.83. The Morgan fingerprint density at radius 1 is 1.10 bits per heavy atom. The summed E-state index contributed by atoms with van der Waals surface area (Å²) in [4.78, 5) is 15.0. The van der Waals surface area contributed by atoms with Crippen molar-refractivity contribution < 1.29 is 41.5 Å². The Kier molecular flexibility index (Phi) is 7.48. The normalized spacial score (nSPS) is 24.0. The SMILES string of the molecule is O=C(O)c1cnc(CCC2CC3CC(OCc4c(-c5ccccc5OC(F)(F)F)noc4C4CC4)C[C@H]3C2)c(F)c1. The van der Waals surface area contributed by atoms with Crippen molar-refractivity contribution in [2.45, 2.75) is 76.4 Å². The summed E-state index contributed by atoms with van der Waals surface area (Å²) in [5, 5.41) is 13.1. The van der Waals surface area contributed by atoms with Crippen molar-refractivity contribution in [1.82, 2.24) is 10.1 Å². The number of carboxylic acids is 1. The number of hydrogen-bond acceptors (Lipinski definition) is 6. The van der Waals surface area contributed by atoms with Gasteiger partial charge in [-0.05, 0) is 87.3 Å². The van der Waals surface area contributed by atoms with Gasteiger partial charge in [0.1, 0.15) is 23.0 Å². The number of aromatic carboxylic acids is 1. The van der Waals surface area contributed by atoms with Gasteiger partial charge in [0, 0.05) is 23.2 Å². The van der Waals surface area contributed by atoms with Gasteiger partial charge in [-0.1, -0.05) is 17.3 Å². The van der Waals surface area contributed by atoms with E-state index < -0.39 is 18.1 Å². The minimum Gasteiger partial charge on any atom is -0.478 e. The second-order valence-electron chi connectivity index (χ2n) is 11.5. The molecule has 4 atom stereocenters. The first-order chi connectivity index (χ1) is 19.6. The van der Waals surface area contributed by atoms with E-state index in [0.717, 1.165) is 51.0 Å². The molecule has 6 rings (SSSR count). The second-order valence-corrected chi connectivity index (χ2v) is 11.5. The van der Waals surface area contributed by atoms with E-state index in [1.165, 1.54) is 18.3 Å². The lowest BCUT2D eigenvalue weighted by Gasteiger charge is -2.17. The smallest absolute Gasteiger partial charge is 0.478 e. The summed E-state index contributed by atoms with van der Waals surface area (Å²) in [5.74, 6) is 0.224. The molecule has 11 heteroatoms. The summed E-state index contributed by atoms with van der Waals surface area (Å²) in [7, 11) is 0. The predicted molar refractivity (Wildman–Crippen MR) is 138 cm³/mol. The highest BCUT2D eigenvalue weighted by molar-refractivity contribution is 5.87. The van der Waals surface area contributed by atoms with Crippen molar-refractivity contribution in [2.24, 2.45) is 17.8 Å². The number of nitrogens with zero attached hydrogens (tertiary/aromatic N) is 2. The van der Waals surface area contributed by atoms with Gasteiger partial charge < -0.3 is 19.1 Å². The maximum Gasteiger partial charge on any atom is 0.573 e. The van der Waals surface area contributed by atoms with Crippen LogP contribution in [0.4, 0.5) is 17.6 Å². The zero-order valence-corrected chi connectivity index (χ0v) is 22.2. The minimum absolute atomic E-state index is 0.0325. The van der Waals surface area contributed by atoms with Gasteiger partial charge in [-0.2, -0.15) is 0 Å². The standard InChI is InChI=1S/C30H30F4N2O5/c31-24-13-20(29(37)38)14-35-25(24)8-5-16-9-18-11-21(12-19(18)10-16)39-15-23-27(36-41-28(23)17-6-7-17)22-3-1-2-4-26(22)40-30(32,33)34/h1-4,13-14,16-19,21H,5-12,15H2,(H,37,38)/t16?,18-,19?,21?/m1/s1. The monoisotopic (exact) mass is 574 g/mol. The Morgan fingerprint density at radius 2 is 1.83 bits per heavy atom. The second kappa shape index (κ2) is 11.1. The molecule has 2 heterocycles. The lowest BCUT2D eigenvalue weighted by Crippen LogP contribution is -2.17. The summed E-state index contributed by atoms with van der Waals surface area (Å²) < 4.78 is 69.6. The van der Waals surface area contributed by atoms with Gasteiger partial charge in [0.05, 0.1) is 24.0 Å². The average molecular weight is 575 g/mol. The van der Waals surface area contributed by atoms with Crippen molar-refractivity contribution in [2.75, 3.05) is 0 Å². The fourth-order valence-electron chi connectivity index (χ4n) is 6.58. The van der Waals surface area contributed by atoms with E-state index in [1.54, 1.807) is 12.1 Å². The van der Waals surface area contributed by atoms with Gasteiger partial charge in [-0.3, -0.25) is 4.98 Å². The number of aryl methyl sites for hydroxylation is 1. The summed E-state index contributed by atoms with van der Waals surface area (Å²) in [6, 6.07) is 6.95. The maximum atomic E-state index is 14.3. The molecule has 218 valence electrons. The third kappa shape index (κ3) is 6.24. The molecule has 3 aliphatic carbocycles. The Balaban J connectivity index is 1.06. The highest BCUT2D eigenvalue weighted by atomic mass is 19.4. The van der Waals surface area contributed by atoms with Gasteiger partial charge >= 0.3 is 12.3 Å².